The lowest BCUT2D eigenvalue weighted by molar-refractivity contribution is -0.123. The van der Waals surface area contributed by atoms with Gasteiger partial charge in [-0.1, -0.05) is 18.2 Å². The molecule has 7 nitrogen and oxygen atoms in total. The van der Waals surface area contributed by atoms with Crippen LogP contribution in [0.25, 0.3) is 0 Å². The van der Waals surface area contributed by atoms with Crippen LogP contribution in [0.5, 0.6) is 11.5 Å². The van der Waals surface area contributed by atoms with E-state index in [1.165, 1.54) is 7.11 Å². The third kappa shape index (κ3) is 4.48. The molecule has 0 aliphatic rings. The number of rotatable bonds is 5. The smallest absolute Gasteiger partial charge is 0.276 e. The second-order valence-electron chi connectivity index (χ2n) is 4.63. The molecule has 2 aromatic rings. The van der Waals surface area contributed by atoms with Gasteiger partial charge in [-0.3, -0.25) is 20.4 Å². The van der Waals surface area contributed by atoms with Gasteiger partial charge in [-0.2, -0.15) is 5.26 Å². The van der Waals surface area contributed by atoms with Crippen LogP contribution >= 0.6 is 0 Å². The summed E-state index contributed by atoms with van der Waals surface area (Å²) in [4.78, 5) is 23.6. The number of amides is 2. The zero-order valence-electron chi connectivity index (χ0n) is 12.9. The molecule has 0 aliphatic heterocycles. The number of carbonyl (C=O) groups excluding carboxylic acids is 2. The number of methoxy groups -OCH3 is 1. The first-order chi connectivity index (χ1) is 11.6. The van der Waals surface area contributed by atoms with Crippen molar-refractivity contribution in [2.75, 3.05) is 13.7 Å². The zero-order chi connectivity index (χ0) is 17.4. The minimum absolute atomic E-state index is 0.300. The molecule has 0 saturated carbocycles. The minimum atomic E-state index is -0.556. The predicted molar refractivity (Wildman–Crippen MR) is 85.3 cm³/mol. The number of ether oxygens (including phenoxy) is 2. The molecule has 0 atom stereocenters. The average Bonchev–Trinajstić information content (AvgIpc) is 2.64. The molecule has 0 fully saturated rings. The lowest BCUT2D eigenvalue weighted by Gasteiger charge is -2.10. The number of benzene rings is 2. The summed E-state index contributed by atoms with van der Waals surface area (Å²) in [6, 6.07) is 15.0. The molecule has 0 unspecified atom stereocenters. The molecule has 2 rings (SSSR count). The van der Waals surface area contributed by atoms with Crippen molar-refractivity contribution in [1.82, 2.24) is 10.9 Å². The highest BCUT2D eigenvalue weighted by molar-refractivity contribution is 5.95. The molecule has 122 valence electrons. The van der Waals surface area contributed by atoms with Crippen LogP contribution < -0.4 is 20.3 Å². The topological polar surface area (TPSA) is 100 Å². The first-order valence-electron chi connectivity index (χ1n) is 6.99. The van der Waals surface area contributed by atoms with Crippen LogP contribution in [0.1, 0.15) is 15.9 Å². The van der Waals surface area contributed by atoms with Crippen molar-refractivity contribution < 1.29 is 19.1 Å². The average molecular weight is 325 g/mol. The normalized spacial score (nSPS) is 9.50. The van der Waals surface area contributed by atoms with Crippen molar-refractivity contribution >= 4 is 11.8 Å². The number of hydrogen-bond donors (Lipinski definition) is 2. The van der Waals surface area contributed by atoms with Crippen LogP contribution in [0.15, 0.2) is 48.5 Å². The van der Waals surface area contributed by atoms with Crippen LogP contribution in [0.2, 0.25) is 0 Å². The van der Waals surface area contributed by atoms with Gasteiger partial charge in [0.15, 0.2) is 6.61 Å². The lowest BCUT2D eigenvalue weighted by atomic mass is 10.2. The van der Waals surface area contributed by atoms with Gasteiger partial charge in [0.2, 0.25) is 0 Å². The number of nitriles is 1. The van der Waals surface area contributed by atoms with E-state index in [2.05, 4.69) is 10.9 Å². The van der Waals surface area contributed by atoms with E-state index in [0.29, 0.717) is 22.6 Å². The Morgan fingerprint density at radius 3 is 2.67 bits per heavy atom. The fraction of sp³-hybridized carbons (Fsp3) is 0.118. The largest absolute Gasteiger partial charge is 0.497 e. The summed E-state index contributed by atoms with van der Waals surface area (Å²) in [5.74, 6) is -0.210. The molecule has 2 amide bonds. The molecule has 24 heavy (non-hydrogen) atoms. The molecule has 2 N–H and O–H groups in total. The highest BCUT2D eigenvalue weighted by Gasteiger charge is 2.09. The summed E-state index contributed by atoms with van der Waals surface area (Å²) in [7, 11) is 1.50. The Bertz CT molecular complexity index is 783. The maximum atomic E-state index is 11.9. The van der Waals surface area contributed by atoms with E-state index >= 15 is 0 Å². The van der Waals surface area contributed by atoms with Crippen molar-refractivity contribution in [3.05, 3.63) is 59.7 Å². The van der Waals surface area contributed by atoms with Crippen molar-refractivity contribution in [1.29, 1.82) is 5.26 Å². The van der Waals surface area contributed by atoms with Gasteiger partial charge in [-0.15, -0.1) is 0 Å². The first kappa shape index (κ1) is 16.8. The molecule has 0 aromatic heterocycles. The van der Waals surface area contributed by atoms with Crippen LogP contribution in [0.3, 0.4) is 0 Å². The molecule has 0 aliphatic carbocycles. The second-order valence-corrected chi connectivity index (χ2v) is 4.63. The van der Waals surface area contributed by atoms with Gasteiger partial charge in [-0.05, 0) is 30.3 Å². The molecule has 7 heteroatoms. The fourth-order valence-electron chi connectivity index (χ4n) is 1.83. The number of nitrogens with zero attached hydrogens (tertiary/aromatic N) is 1. The van der Waals surface area contributed by atoms with E-state index in [1.807, 2.05) is 6.07 Å². The molecule has 2 aromatic carbocycles. The zero-order valence-corrected chi connectivity index (χ0v) is 12.9. The van der Waals surface area contributed by atoms with E-state index < -0.39 is 11.8 Å². The molecule has 0 radical (unpaired) electrons. The summed E-state index contributed by atoms with van der Waals surface area (Å²) in [6.45, 7) is -0.336. The fourth-order valence-corrected chi connectivity index (χ4v) is 1.83. The van der Waals surface area contributed by atoms with E-state index in [1.54, 1.807) is 48.5 Å². The van der Waals surface area contributed by atoms with E-state index in [0.717, 1.165) is 0 Å². The van der Waals surface area contributed by atoms with Gasteiger partial charge < -0.3 is 9.47 Å². The van der Waals surface area contributed by atoms with Crippen molar-refractivity contribution in [3.8, 4) is 17.6 Å². The molecular weight excluding hydrogens is 310 g/mol. The Morgan fingerprint density at radius 2 is 1.92 bits per heavy atom. The summed E-state index contributed by atoms with van der Waals surface area (Å²) < 4.78 is 10.3. The highest BCUT2D eigenvalue weighted by atomic mass is 16.5. The number of nitrogens with one attached hydrogen (secondary N) is 2. The number of para-hydroxylation sites is 1. The third-order valence-electron chi connectivity index (χ3n) is 3.01. The number of hydrazine groups is 1. The third-order valence-corrected chi connectivity index (χ3v) is 3.01. The van der Waals surface area contributed by atoms with Gasteiger partial charge in [0, 0.05) is 5.56 Å². The highest BCUT2D eigenvalue weighted by Crippen LogP contribution is 2.16. The van der Waals surface area contributed by atoms with E-state index in [4.69, 9.17) is 14.7 Å². The SMILES string of the molecule is COc1cccc(C(=O)NNC(=O)COc2ccccc2C#N)c1. The minimum Gasteiger partial charge on any atom is -0.497 e. The van der Waals surface area contributed by atoms with Gasteiger partial charge in [0.05, 0.1) is 12.7 Å². The first-order valence-corrected chi connectivity index (χ1v) is 6.99. The summed E-state index contributed by atoms with van der Waals surface area (Å²) in [6.07, 6.45) is 0. The van der Waals surface area contributed by atoms with E-state index in [-0.39, 0.29) is 6.61 Å². The molecule has 0 spiro atoms. The molecule has 0 heterocycles. The maximum absolute atomic E-state index is 11.9. The molecule has 0 bridgehead atoms. The summed E-state index contributed by atoms with van der Waals surface area (Å²) in [5.41, 5.74) is 5.18. The van der Waals surface area contributed by atoms with Crippen LogP contribution in [0.4, 0.5) is 0 Å². The molecular formula is C17H15N3O4. The molecule has 0 saturated heterocycles. The van der Waals surface area contributed by atoms with Crippen LogP contribution in [-0.4, -0.2) is 25.5 Å². The monoisotopic (exact) mass is 325 g/mol. The lowest BCUT2D eigenvalue weighted by Crippen LogP contribution is -2.43. The van der Waals surface area contributed by atoms with Crippen molar-refractivity contribution in [2.45, 2.75) is 0 Å². The Kier molecular flexibility index (Phi) is 5.75. The Labute approximate surface area is 138 Å². The van der Waals surface area contributed by atoms with E-state index in [9.17, 15) is 9.59 Å². The van der Waals surface area contributed by atoms with Gasteiger partial charge >= 0.3 is 0 Å². The quantitative estimate of drug-likeness (QED) is 0.810. The Hall–Kier alpha value is -3.53. The maximum Gasteiger partial charge on any atom is 0.276 e. The summed E-state index contributed by atoms with van der Waals surface area (Å²) in [5, 5.41) is 8.93. The van der Waals surface area contributed by atoms with Gasteiger partial charge in [0.1, 0.15) is 17.6 Å². The van der Waals surface area contributed by atoms with Gasteiger partial charge in [-0.25, -0.2) is 0 Å². The standard InChI is InChI=1S/C17H15N3O4/c1-23-14-7-4-6-12(9-14)17(22)20-19-16(21)11-24-15-8-3-2-5-13(15)10-18/h2-9H,11H2,1H3,(H,19,21)(H,20,22). The van der Waals surface area contributed by atoms with Crippen LogP contribution in [0, 0.1) is 11.3 Å². The second kappa shape index (κ2) is 8.19. The Balaban J connectivity index is 1.84. The van der Waals surface area contributed by atoms with Gasteiger partial charge in [0.25, 0.3) is 11.8 Å². The predicted octanol–water partition coefficient (Wildman–Crippen LogP) is 1.41. The number of hydrogen-bond acceptors (Lipinski definition) is 5. The van der Waals surface area contributed by atoms with Crippen molar-refractivity contribution in [3.63, 3.8) is 0 Å². The number of carbonyl (C=O) groups is 2. The Morgan fingerprint density at radius 1 is 1.12 bits per heavy atom. The summed E-state index contributed by atoms with van der Waals surface area (Å²) >= 11 is 0. The van der Waals surface area contributed by atoms with Crippen LogP contribution in [-0.2, 0) is 4.79 Å². The van der Waals surface area contributed by atoms with Crippen molar-refractivity contribution in [2.24, 2.45) is 0 Å².